The van der Waals surface area contributed by atoms with Gasteiger partial charge < -0.3 is 4.74 Å². The fourth-order valence-electron chi connectivity index (χ4n) is 3.22. The largest absolute Gasteiger partial charge is 0.461 e. The van der Waals surface area contributed by atoms with Crippen LogP contribution in [0.25, 0.3) is 16.7 Å². The molecule has 0 atom stereocenters. The molecule has 2 heterocycles. The summed E-state index contributed by atoms with van der Waals surface area (Å²) in [7, 11) is 0. The number of Topliss-reactive ketones (excluding diaryl/α,β-unsaturated/α-hetero) is 1. The van der Waals surface area contributed by atoms with E-state index in [0.29, 0.717) is 11.0 Å². The maximum Gasteiger partial charge on any atom is 0.355 e. The van der Waals surface area contributed by atoms with Gasteiger partial charge in [0.2, 0.25) is 11.8 Å². The van der Waals surface area contributed by atoms with Gasteiger partial charge in [0, 0.05) is 13.8 Å². The number of hydrogen-bond acceptors (Lipinski definition) is 5. The monoisotopic (exact) mass is 369 g/mol. The lowest BCUT2D eigenvalue weighted by atomic mass is 10.2. The highest BCUT2D eigenvalue weighted by Gasteiger charge is 2.29. The summed E-state index contributed by atoms with van der Waals surface area (Å²) >= 11 is 0. The van der Waals surface area contributed by atoms with Crippen molar-refractivity contribution in [2.45, 2.75) is 27.7 Å². The molecule has 0 unspecified atom stereocenters. The first-order valence-corrected chi connectivity index (χ1v) is 8.44. The molecule has 0 N–H and O–H groups in total. The maximum absolute atomic E-state index is 12.5. The van der Waals surface area contributed by atoms with Crippen LogP contribution in [-0.2, 0) is 14.3 Å². The van der Waals surface area contributed by atoms with Gasteiger partial charge in [-0.1, -0.05) is 12.1 Å². The van der Waals surface area contributed by atoms with Gasteiger partial charge in [0.15, 0.2) is 5.78 Å². The van der Waals surface area contributed by atoms with Gasteiger partial charge in [-0.3, -0.25) is 18.8 Å². The summed E-state index contributed by atoms with van der Waals surface area (Å²) in [5, 5.41) is 0.943. The molecule has 140 valence electrons. The first-order valence-electron chi connectivity index (χ1n) is 8.44. The zero-order valence-corrected chi connectivity index (χ0v) is 15.5. The van der Waals surface area contributed by atoms with Crippen LogP contribution in [0.5, 0.6) is 0 Å². The Balaban J connectivity index is 2.55. The third kappa shape index (κ3) is 2.79. The Morgan fingerprint density at radius 2 is 1.59 bits per heavy atom. The van der Waals surface area contributed by atoms with Crippen molar-refractivity contribution in [3.63, 3.8) is 0 Å². The van der Waals surface area contributed by atoms with Crippen molar-refractivity contribution >= 4 is 40.2 Å². The van der Waals surface area contributed by atoms with Crippen LogP contribution >= 0.6 is 0 Å². The molecule has 3 aromatic rings. The molecule has 2 aromatic heterocycles. The number of ether oxygens (including phenoxy) is 1. The van der Waals surface area contributed by atoms with Crippen LogP contribution in [0, 0.1) is 0 Å². The molecule has 8 heteroatoms. The number of hydrogen-bond donors (Lipinski definition) is 0. The number of esters is 1. The first kappa shape index (κ1) is 18.4. The molecule has 0 aliphatic carbocycles. The van der Waals surface area contributed by atoms with Gasteiger partial charge in [-0.15, -0.1) is 0 Å². The van der Waals surface area contributed by atoms with Crippen LogP contribution in [0.1, 0.15) is 48.5 Å². The molecule has 0 aliphatic rings. The van der Waals surface area contributed by atoms with Crippen LogP contribution in [0.4, 0.5) is 0 Å². The average molecular weight is 369 g/mol. The average Bonchev–Trinajstić information content (AvgIpc) is 3.12. The van der Waals surface area contributed by atoms with Crippen molar-refractivity contribution < 1.29 is 23.9 Å². The third-order valence-electron chi connectivity index (χ3n) is 4.19. The number of imidazole rings is 1. The Morgan fingerprint density at radius 1 is 1.00 bits per heavy atom. The molecule has 0 spiro atoms. The summed E-state index contributed by atoms with van der Waals surface area (Å²) in [6.07, 6.45) is 0. The Morgan fingerprint density at radius 3 is 2.11 bits per heavy atom. The minimum Gasteiger partial charge on any atom is -0.461 e. The number of ketones is 1. The number of fused-ring (bicyclic) bond motifs is 3. The first-order chi connectivity index (χ1) is 12.8. The number of amides is 2. The summed E-state index contributed by atoms with van der Waals surface area (Å²) < 4.78 is 8.03. The molecule has 2 amide bonds. The molecule has 0 fully saturated rings. The molecule has 0 saturated carbocycles. The number of nitrogens with zero attached hydrogens (tertiary/aromatic N) is 3. The Labute approximate surface area is 154 Å². The minimum atomic E-state index is -0.597. The van der Waals surface area contributed by atoms with Gasteiger partial charge >= 0.3 is 5.97 Å². The van der Waals surface area contributed by atoms with E-state index in [-0.39, 0.29) is 29.3 Å². The molecule has 3 rings (SSSR count). The van der Waals surface area contributed by atoms with E-state index in [9.17, 15) is 19.2 Å². The van der Waals surface area contributed by atoms with Crippen LogP contribution < -0.4 is 5.01 Å². The molecule has 0 bridgehead atoms. The summed E-state index contributed by atoms with van der Waals surface area (Å²) in [6.45, 7) is 5.74. The minimum absolute atomic E-state index is 0.152. The number of para-hydroxylation sites is 2. The van der Waals surface area contributed by atoms with Gasteiger partial charge in [-0.25, -0.2) is 9.47 Å². The number of carbonyl (C=O) groups excluding carboxylic acids is 4. The summed E-state index contributed by atoms with van der Waals surface area (Å²) in [5.41, 5.74) is 1.69. The van der Waals surface area contributed by atoms with E-state index in [0.717, 1.165) is 5.01 Å². The van der Waals surface area contributed by atoms with Crippen molar-refractivity contribution in [3.8, 4) is 0 Å². The summed E-state index contributed by atoms with van der Waals surface area (Å²) in [4.78, 5) is 49.1. The molecule has 0 aliphatic heterocycles. The molecule has 0 radical (unpaired) electrons. The smallest absolute Gasteiger partial charge is 0.355 e. The zero-order chi connectivity index (χ0) is 19.9. The fourth-order valence-corrected chi connectivity index (χ4v) is 3.22. The van der Waals surface area contributed by atoms with E-state index >= 15 is 0 Å². The van der Waals surface area contributed by atoms with Gasteiger partial charge in [-0.2, -0.15) is 5.01 Å². The maximum atomic E-state index is 12.5. The van der Waals surface area contributed by atoms with Crippen molar-refractivity contribution in [1.29, 1.82) is 0 Å². The predicted molar refractivity (Wildman–Crippen MR) is 98.4 cm³/mol. The van der Waals surface area contributed by atoms with Crippen LogP contribution in [-0.4, -0.2) is 39.3 Å². The van der Waals surface area contributed by atoms with Crippen molar-refractivity contribution in [1.82, 2.24) is 9.08 Å². The number of carbonyl (C=O) groups is 4. The Kier molecular flexibility index (Phi) is 4.57. The molecule has 1 aromatic carbocycles. The number of benzene rings is 1. The van der Waals surface area contributed by atoms with E-state index < -0.39 is 17.8 Å². The summed E-state index contributed by atoms with van der Waals surface area (Å²) in [5.74, 6) is -1.93. The van der Waals surface area contributed by atoms with Gasteiger partial charge in [-0.05, 0) is 32.0 Å². The number of aromatic nitrogens is 2. The van der Waals surface area contributed by atoms with E-state index in [4.69, 9.17) is 4.74 Å². The Bertz CT molecular complexity index is 1090. The fraction of sp³-hybridized carbons (Fsp3) is 0.263. The van der Waals surface area contributed by atoms with Gasteiger partial charge in [0.1, 0.15) is 11.3 Å². The van der Waals surface area contributed by atoms with Crippen LogP contribution in [0.2, 0.25) is 0 Å². The highest BCUT2D eigenvalue weighted by molar-refractivity contribution is 6.11. The molecular weight excluding hydrogens is 350 g/mol. The molecular formula is C19H19N3O5. The third-order valence-corrected chi connectivity index (χ3v) is 4.19. The lowest BCUT2D eigenvalue weighted by Gasteiger charge is -2.20. The van der Waals surface area contributed by atoms with E-state index in [1.165, 1.54) is 31.5 Å². The normalized spacial score (nSPS) is 11.0. The predicted octanol–water partition coefficient (Wildman–Crippen LogP) is 2.30. The van der Waals surface area contributed by atoms with E-state index in [2.05, 4.69) is 0 Å². The number of imide groups is 1. The van der Waals surface area contributed by atoms with Crippen LogP contribution in [0.15, 0.2) is 30.3 Å². The van der Waals surface area contributed by atoms with E-state index in [1.807, 2.05) is 0 Å². The van der Waals surface area contributed by atoms with E-state index in [1.54, 1.807) is 35.6 Å². The highest BCUT2D eigenvalue weighted by Crippen LogP contribution is 2.29. The van der Waals surface area contributed by atoms with Gasteiger partial charge in [0.05, 0.1) is 23.2 Å². The number of rotatable bonds is 4. The second kappa shape index (κ2) is 6.71. The van der Waals surface area contributed by atoms with Crippen molar-refractivity contribution in [2.75, 3.05) is 11.6 Å². The lowest BCUT2D eigenvalue weighted by molar-refractivity contribution is -0.126. The highest BCUT2D eigenvalue weighted by atomic mass is 16.5. The van der Waals surface area contributed by atoms with Gasteiger partial charge in [0.25, 0.3) is 0 Å². The second-order valence-electron chi connectivity index (χ2n) is 6.03. The Hall–Kier alpha value is -3.42. The topological polar surface area (TPSA) is 90.1 Å². The SMILES string of the molecule is CCOC(=O)c1cc(C(C)=O)c2n(N(C(C)=O)C(C)=O)c3ccccc3n12. The van der Waals surface area contributed by atoms with Crippen LogP contribution in [0.3, 0.4) is 0 Å². The van der Waals surface area contributed by atoms with Crippen molar-refractivity contribution in [2.24, 2.45) is 0 Å². The molecule has 27 heavy (non-hydrogen) atoms. The van der Waals surface area contributed by atoms with Crippen molar-refractivity contribution in [3.05, 3.63) is 41.6 Å². The second-order valence-corrected chi connectivity index (χ2v) is 6.03. The lowest BCUT2D eigenvalue weighted by Crippen LogP contribution is -2.42. The molecule has 8 nitrogen and oxygen atoms in total. The quantitative estimate of drug-likeness (QED) is 0.520. The summed E-state index contributed by atoms with van der Waals surface area (Å²) in [6, 6.07) is 8.38. The standard InChI is InChI=1S/C19H19N3O5/c1-5-27-19(26)17-10-14(11(2)23)18-20(17)15-8-6-7-9-16(15)22(18)21(12(3)24)13(4)25/h6-10H,5H2,1-4H3. The molecule has 0 saturated heterocycles. The zero-order valence-electron chi connectivity index (χ0n) is 15.5.